The number of nitro groups is 1. The van der Waals surface area contributed by atoms with Crippen LogP contribution < -0.4 is 4.80 Å². The van der Waals surface area contributed by atoms with Gasteiger partial charge in [0.1, 0.15) is 0 Å². The maximum atomic E-state index is 12.9. The van der Waals surface area contributed by atoms with Crippen molar-refractivity contribution >= 4 is 54.7 Å². The van der Waals surface area contributed by atoms with Gasteiger partial charge < -0.3 is 4.57 Å². The minimum Gasteiger partial charge on any atom is -0.315 e. The van der Waals surface area contributed by atoms with Crippen molar-refractivity contribution in [2.45, 2.75) is 30.5 Å². The Morgan fingerprint density at radius 3 is 2.65 bits per heavy atom. The van der Waals surface area contributed by atoms with E-state index in [0.717, 1.165) is 11.3 Å². The number of nitrogens with zero attached hydrogens (tertiary/aromatic N) is 3. The second kappa shape index (κ2) is 9.33. The first-order valence-electron chi connectivity index (χ1n) is 9.35. The van der Waals surface area contributed by atoms with Crippen LogP contribution >= 0.6 is 23.1 Å². The van der Waals surface area contributed by atoms with E-state index in [0.29, 0.717) is 16.0 Å². The Bertz CT molecular complexity index is 1320. The van der Waals surface area contributed by atoms with Gasteiger partial charge in [-0.15, -0.1) is 0 Å². The fraction of sp³-hybridized carbons (Fsp3) is 0.300. The molecule has 164 valence electrons. The number of sulfone groups is 1. The van der Waals surface area contributed by atoms with Gasteiger partial charge >= 0.3 is 0 Å². The van der Waals surface area contributed by atoms with Gasteiger partial charge in [0, 0.05) is 30.0 Å². The van der Waals surface area contributed by atoms with E-state index in [1.807, 2.05) is 10.8 Å². The summed E-state index contributed by atoms with van der Waals surface area (Å²) in [5, 5.41) is 10.5. The van der Waals surface area contributed by atoms with Crippen LogP contribution in [0.25, 0.3) is 10.2 Å². The Morgan fingerprint density at radius 1 is 1.26 bits per heavy atom. The van der Waals surface area contributed by atoms with Gasteiger partial charge in [0.25, 0.3) is 11.6 Å². The summed E-state index contributed by atoms with van der Waals surface area (Å²) in [7, 11) is -3.52. The first kappa shape index (κ1) is 23.2. The van der Waals surface area contributed by atoms with E-state index in [2.05, 4.69) is 4.99 Å². The number of hydrogen-bond donors (Lipinski definition) is 0. The summed E-state index contributed by atoms with van der Waals surface area (Å²) in [6.07, 6.45) is 1.96. The molecular formula is C20H21N3O5S3. The first-order valence-corrected chi connectivity index (χ1v) is 13.1. The molecule has 0 aliphatic rings. The number of amides is 1. The summed E-state index contributed by atoms with van der Waals surface area (Å²) in [4.78, 5) is 28.2. The van der Waals surface area contributed by atoms with Crippen LogP contribution in [-0.2, 0) is 16.4 Å². The van der Waals surface area contributed by atoms with Gasteiger partial charge in [0.15, 0.2) is 14.6 Å². The van der Waals surface area contributed by atoms with Crippen LogP contribution in [0, 0.1) is 10.1 Å². The molecule has 0 bridgehead atoms. The van der Waals surface area contributed by atoms with Crippen molar-refractivity contribution in [3.05, 3.63) is 62.9 Å². The molecule has 11 heteroatoms. The third-order valence-electron chi connectivity index (χ3n) is 4.62. The number of fused-ring (bicyclic) bond motifs is 1. The number of aryl methyl sites for hydroxylation is 1. The van der Waals surface area contributed by atoms with E-state index < -0.39 is 25.9 Å². The molecule has 0 unspecified atom stereocenters. The lowest BCUT2D eigenvalue weighted by molar-refractivity contribution is -0.384. The van der Waals surface area contributed by atoms with Crippen LogP contribution in [0.3, 0.4) is 0 Å². The molecule has 3 aromatic rings. The predicted molar refractivity (Wildman–Crippen MR) is 124 cm³/mol. The van der Waals surface area contributed by atoms with Crippen LogP contribution in [0.5, 0.6) is 0 Å². The second-order valence-corrected chi connectivity index (χ2v) is 11.5. The van der Waals surface area contributed by atoms with E-state index in [-0.39, 0.29) is 16.1 Å². The molecule has 0 spiro atoms. The Hall–Kier alpha value is -2.50. The largest absolute Gasteiger partial charge is 0.315 e. The van der Waals surface area contributed by atoms with Gasteiger partial charge in [-0.1, -0.05) is 17.4 Å². The van der Waals surface area contributed by atoms with Crippen molar-refractivity contribution in [3.8, 4) is 0 Å². The minimum absolute atomic E-state index is 0.0322. The zero-order valence-corrected chi connectivity index (χ0v) is 19.6. The summed E-state index contributed by atoms with van der Waals surface area (Å²) in [5.74, 6) is 0.200. The van der Waals surface area contributed by atoms with E-state index in [9.17, 15) is 23.3 Å². The Labute approximate surface area is 187 Å². The average Bonchev–Trinajstić information content (AvgIpc) is 3.08. The van der Waals surface area contributed by atoms with Crippen LogP contribution in [-0.4, -0.2) is 41.1 Å². The quantitative estimate of drug-likeness (QED) is 0.375. The van der Waals surface area contributed by atoms with Crippen molar-refractivity contribution in [1.29, 1.82) is 0 Å². The molecule has 0 atom stereocenters. The number of aromatic nitrogens is 1. The molecule has 8 nitrogen and oxygen atoms in total. The fourth-order valence-electron chi connectivity index (χ4n) is 2.89. The van der Waals surface area contributed by atoms with Crippen LogP contribution in [0.15, 0.2) is 52.4 Å². The molecule has 0 N–H and O–H groups in total. The maximum Gasteiger partial charge on any atom is 0.279 e. The SMILES string of the molecule is CSCCn1c(=NC(=O)c2cccc(S(=O)(=O)C(C)C)c2)sc2cc([N+](=O)[O-])ccc21. The molecule has 0 aliphatic carbocycles. The topological polar surface area (TPSA) is 112 Å². The molecule has 1 aromatic heterocycles. The maximum absolute atomic E-state index is 12.9. The average molecular weight is 480 g/mol. The predicted octanol–water partition coefficient (Wildman–Crippen LogP) is 3.90. The molecule has 0 saturated heterocycles. The first-order chi connectivity index (χ1) is 14.6. The molecule has 0 aliphatic heterocycles. The van der Waals surface area contributed by atoms with Crippen molar-refractivity contribution in [2.75, 3.05) is 12.0 Å². The van der Waals surface area contributed by atoms with Crippen molar-refractivity contribution in [1.82, 2.24) is 4.57 Å². The number of carbonyl (C=O) groups is 1. The highest BCUT2D eigenvalue weighted by Gasteiger charge is 2.20. The number of non-ortho nitro benzene ring substituents is 1. The smallest absolute Gasteiger partial charge is 0.279 e. The van der Waals surface area contributed by atoms with E-state index in [1.165, 1.54) is 47.7 Å². The van der Waals surface area contributed by atoms with Crippen LogP contribution in [0.4, 0.5) is 5.69 Å². The highest BCUT2D eigenvalue weighted by atomic mass is 32.2. The van der Waals surface area contributed by atoms with Gasteiger partial charge in [0.2, 0.25) is 0 Å². The van der Waals surface area contributed by atoms with E-state index >= 15 is 0 Å². The Morgan fingerprint density at radius 2 is 2.00 bits per heavy atom. The van der Waals surface area contributed by atoms with Gasteiger partial charge in [-0.25, -0.2) is 8.42 Å². The van der Waals surface area contributed by atoms with Gasteiger partial charge in [0.05, 0.1) is 25.3 Å². The fourth-order valence-corrected chi connectivity index (χ4v) is 5.45. The molecule has 3 rings (SSSR count). The molecule has 31 heavy (non-hydrogen) atoms. The highest BCUT2D eigenvalue weighted by molar-refractivity contribution is 7.98. The van der Waals surface area contributed by atoms with E-state index in [4.69, 9.17) is 0 Å². The zero-order chi connectivity index (χ0) is 22.8. The third-order valence-corrected chi connectivity index (χ3v) is 8.41. The summed E-state index contributed by atoms with van der Waals surface area (Å²) in [5.41, 5.74) is 0.893. The molecule has 2 aromatic carbocycles. The molecule has 0 fully saturated rings. The number of rotatable bonds is 7. The highest BCUT2D eigenvalue weighted by Crippen LogP contribution is 2.24. The van der Waals surface area contributed by atoms with Crippen LogP contribution in [0.1, 0.15) is 24.2 Å². The van der Waals surface area contributed by atoms with Crippen molar-refractivity contribution in [2.24, 2.45) is 4.99 Å². The zero-order valence-electron chi connectivity index (χ0n) is 17.1. The molecule has 1 heterocycles. The van der Waals surface area contributed by atoms with Gasteiger partial charge in [-0.2, -0.15) is 16.8 Å². The Balaban J connectivity index is 2.11. The lowest BCUT2D eigenvalue weighted by atomic mass is 10.2. The molecule has 0 radical (unpaired) electrons. The van der Waals surface area contributed by atoms with Crippen molar-refractivity contribution in [3.63, 3.8) is 0 Å². The molecule has 0 saturated carbocycles. The summed E-state index contributed by atoms with van der Waals surface area (Å²) >= 11 is 2.82. The monoisotopic (exact) mass is 479 g/mol. The number of carbonyl (C=O) groups excluding carboxylic acids is 1. The summed E-state index contributed by atoms with van der Waals surface area (Å²) < 4.78 is 27.4. The van der Waals surface area contributed by atoms with E-state index in [1.54, 1.807) is 31.7 Å². The van der Waals surface area contributed by atoms with Crippen LogP contribution in [0.2, 0.25) is 0 Å². The van der Waals surface area contributed by atoms with Gasteiger partial charge in [-0.05, 0) is 44.4 Å². The molecular weight excluding hydrogens is 458 g/mol. The lowest BCUT2D eigenvalue weighted by Gasteiger charge is -2.08. The lowest BCUT2D eigenvalue weighted by Crippen LogP contribution is -2.18. The molecule has 1 amide bonds. The summed E-state index contributed by atoms with van der Waals surface area (Å²) in [6.45, 7) is 3.74. The number of thioether (sulfide) groups is 1. The normalized spacial score (nSPS) is 12.6. The number of thiazole rings is 1. The second-order valence-electron chi connectivity index (χ2n) is 6.98. The standard InChI is InChI=1S/C20H21N3O5S3/c1-13(2)31(27,28)16-6-4-5-14(11-16)19(24)21-20-22(9-10-29-3)17-8-7-15(23(25)26)12-18(17)30-20/h4-8,11-13H,9-10H2,1-3H3. The van der Waals surface area contributed by atoms with Gasteiger partial charge in [-0.3, -0.25) is 14.9 Å². The third kappa shape index (κ3) is 4.89. The number of benzene rings is 2. The summed E-state index contributed by atoms with van der Waals surface area (Å²) in [6, 6.07) is 10.4. The minimum atomic E-state index is -3.52. The van der Waals surface area contributed by atoms with Crippen molar-refractivity contribution < 1.29 is 18.1 Å². The number of nitro benzene ring substituents is 1. The number of hydrogen-bond acceptors (Lipinski definition) is 7. The Kier molecular flexibility index (Phi) is 6.97.